The van der Waals surface area contributed by atoms with E-state index in [2.05, 4.69) is 4.74 Å². The number of hydrogen-bond acceptors (Lipinski definition) is 7. The first-order valence-electron chi connectivity index (χ1n) is 8.19. The molecule has 0 amide bonds. The minimum absolute atomic E-state index is 0.0735. The van der Waals surface area contributed by atoms with Crippen molar-refractivity contribution in [3.8, 4) is 0 Å². The van der Waals surface area contributed by atoms with Gasteiger partial charge >= 0.3 is 11.9 Å². The minimum atomic E-state index is -1.26. The maximum absolute atomic E-state index is 12.0. The number of ether oxygens (including phenoxy) is 2. The van der Waals surface area contributed by atoms with Gasteiger partial charge in [0.05, 0.1) is 25.7 Å². The Hall–Kier alpha value is -0.790. The second kappa shape index (κ2) is 10.9. The summed E-state index contributed by atoms with van der Waals surface area (Å²) in [6.45, 7) is 1.88. The normalized spacial score (nSPS) is 28.9. The second-order valence-corrected chi connectivity index (χ2v) is 7.25. The number of hydrogen-bond donors (Lipinski definition) is 2. The molecule has 0 bridgehead atoms. The zero-order chi connectivity index (χ0) is 17.2. The van der Waals surface area contributed by atoms with Crippen LogP contribution in [0.1, 0.15) is 51.9 Å². The maximum atomic E-state index is 12.0. The summed E-state index contributed by atoms with van der Waals surface area (Å²) in [5.74, 6) is -0.976. The Morgan fingerprint density at radius 2 is 2.00 bits per heavy atom. The molecular weight excluding hydrogens is 320 g/mol. The van der Waals surface area contributed by atoms with Crippen LogP contribution < -0.4 is 0 Å². The van der Waals surface area contributed by atoms with Crippen molar-refractivity contribution in [1.29, 1.82) is 0 Å². The molecule has 2 N–H and O–H groups in total. The summed E-state index contributed by atoms with van der Waals surface area (Å²) in [6.07, 6.45) is 3.53. The Bertz CT molecular complexity index is 376. The number of methoxy groups -OCH3 is 1. The lowest BCUT2D eigenvalue weighted by Crippen LogP contribution is -2.31. The van der Waals surface area contributed by atoms with E-state index in [4.69, 9.17) is 4.74 Å². The predicted molar refractivity (Wildman–Crippen MR) is 88.1 cm³/mol. The highest BCUT2D eigenvalue weighted by atomic mass is 32.2. The van der Waals surface area contributed by atoms with Gasteiger partial charge in [0.15, 0.2) is 6.10 Å². The van der Waals surface area contributed by atoms with Crippen molar-refractivity contribution in [2.45, 2.75) is 75.4 Å². The minimum Gasteiger partial charge on any atom is -0.467 e. The Kier molecular flexibility index (Phi) is 9.59. The first-order chi connectivity index (χ1) is 10.9. The highest BCUT2D eigenvalue weighted by Crippen LogP contribution is 2.25. The molecule has 1 aliphatic heterocycles. The third kappa shape index (κ3) is 8.04. The lowest BCUT2D eigenvalue weighted by molar-refractivity contribution is -0.149. The molecule has 4 atom stereocenters. The zero-order valence-electron chi connectivity index (χ0n) is 13.9. The van der Waals surface area contributed by atoms with E-state index >= 15 is 0 Å². The van der Waals surface area contributed by atoms with E-state index in [0.717, 1.165) is 32.1 Å². The fourth-order valence-electron chi connectivity index (χ4n) is 2.55. The Labute approximate surface area is 141 Å². The SMILES string of the molecule is COC(=O)[C@H](O)CS[C@H]1CC(=O)O[C@H](C)CCCCCC[C@@H]1O. The van der Waals surface area contributed by atoms with E-state index in [0.29, 0.717) is 6.42 Å². The van der Waals surface area contributed by atoms with Gasteiger partial charge < -0.3 is 19.7 Å². The van der Waals surface area contributed by atoms with Crippen LogP contribution in [0.2, 0.25) is 0 Å². The molecule has 0 spiro atoms. The summed E-state index contributed by atoms with van der Waals surface area (Å²) in [6, 6.07) is 0. The second-order valence-electron chi connectivity index (χ2n) is 5.97. The van der Waals surface area contributed by atoms with Crippen LogP contribution in [0.25, 0.3) is 0 Å². The van der Waals surface area contributed by atoms with Crippen molar-refractivity contribution < 1.29 is 29.3 Å². The predicted octanol–water partition coefficient (Wildman–Crippen LogP) is 1.66. The molecule has 0 unspecified atom stereocenters. The summed E-state index contributed by atoms with van der Waals surface area (Å²) in [4.78, 5) is 23.2. The van der Waals surface area contributed by atoms with Gasteiger partial charge in [0.25, 0.3) is 0 Å². The van der Waals surface area contributed by atoms with E-state index in [1.54, 1.807) is 0 Å². The lowest BCUT2D eigenvalue weighted by Gasteiger charge is -2.24. The quantitative estimate of drug-likeness (QED) is 0.746. The van der Waals surface area contributed by atoms with Crippen molar-refractivity contribution in [3.63, 3.8) is 0 Å². The molecule has 23 heavy (non-hydrogen) atoms. The standard InChI is InChI=1S/C16H28O6S/c1-11-7-5-3-4-6-8-12(17)14(9-15(19)22-11)23-10-13(18)16(20)21-2/h11-14,17-18H,3-10H2,1-2H3/t11-,12+,13-,14+/m1/s1. The topological polar surface area (TPSA) is 93.1 Å². The van der Waals surface area contributed by atoms with Crippen LogP contribution in [-0.2, 0) is 19.1 Å². The number of aliphatic hydroxyl groups excluding tert-OH is 2. The number of esters is 2. The largest absolute Gasteiger partial charge is 0.467 e. The molecule has 1 rings (SSSR count). The van der Waals surface area contributed by atoms with Gasteiger partial charge in [0, 0.05) is 11.0 Å². The van der Waals surface area contributed by atoms with Gasteiger partial charge in [-0.1, -0.05) is 19.3 Å². The van der Waals surface area contributed by atoms with Crippen LogP contribution in [0.5, 0.6) is 0 Å². The molecule has 1 saturated heterocycles. The molecule has 134 valence electrons. The van der Waals surface area contributed by atoms with Crippen LogP contribution in [-0.4, -0.2) is 58.6 Å². The molecule has 6 nitrogen and oxygen atoms in total. The van der Waals surface area contributed by atoms with E-state index in [1.165, 1.54) is 18.9 Å². The zero-order valence-corrected chi connectivity index (χ0v) is 14.7. The van der Waals surface area contributed by atoms with E-state index in [-0.39, 0.29) is 24.2 Å². The van der Waals surface area contributed by atoms with Gasteiger partial charge in [-0.05, 0) is 26.2 Å². The average molecular weight is 348 g/mol. The smallest absolute Gasteiger partial charge is 0.335 e. The summed E-state index contributed by atoms with van der Waals surface area (Å²) in [5, 5.41) is 19.6. The van der Waals surface area contributed by atoms with Gasteiger partial charge in [-0.15, -0.1) is 0 Å². The fraction of sp³-hybridized carbons (Fsp3) is 0.875. The molecule has 1 fully saturated rings. The summed E-state index contributed by atoms with van der Waals surface area (Å²) in [7, 11) is 1.21. The average Bonchev–Trinajstić information content (AvgIpc) is 2.51. The number of aliphatic hydroxyl groups is 2. The monoisotopic (exact) mass is 348 g/mol. The van der Waals surface area contributed by atoms with Crippen LogP contribution in [0, 0.1) is 0 Å². The van der Waals surface area contributed by atoms with Crippen molar-refractivity contribution in [3.05, 3.63) is 0 Å². The Morgan fingerprint density at radius 1 is 1.35 bits per heavy atom. The number of carbonyl (C=O) groups is 2. The van der Waals surface area contributed by atoms with Crippen molar-refractivity contribution in [1.82, 2.24) is 0 Å². The van der Waals surface area contributed by atoms with E-state index in [9.17, 15) is 19.8 Å². The number of rotatable bonds is 4. The van der Waals surface area contributed by atoms with Crippen molar-refractivity contribution in [2.75, 3.05) is 12.9 Å². The Balaban J connectivity index is 2.61. The first-order valence-corrected chi connectivity index (χ1v) is 9.24. The molecular formula is C16H28O6S. The van der Waals surface area contributed by atoms with Crippen molar-refractivity contribution in [2.24, 2.45) is 0 Å². The van der Waals surface area contributed by atoms with E-state index < -0.39 is 23.4 Å². The number of carbonyl (C=O) groups excluding carboxylic acids is 2. The first kappa shape index (κ1) is 20.3. The van der Waals surface area contributed by atoms with Gasteiger partial charge in [0.2, 0.25) is 0 Å². The third-order valence-electron chi connectivity index (χ3n) is 3.93. The highest BCUT2D eigenvalue weighted by molar-refractivity contribution is 8.00. The fourth-order valence-corrected chi connectivity index (χ4v) is 3.72. The molecule has 7 heteroatoms. The Morgan fingerprint density at radius 3 is 2.65 bits per heavy atom. The summed E-state index contributed by atoms with van der Waals surface area (Å²) < 4.78 is 9.83. The molecule has 1 aliphatic rings. The molecule has 0 aromatic heterocycles. The third-order valence-corrected chi connectivity index (χ3v) is 5.35. The molecule has 0 radical (unpaired) electrons. The number of thioether (sulfide) groups is 1. The molecule has 0 aromatic carbocycles. The van der Waals surface area contributed by atoms with Crippen LogP contribution in [0.15, 0.2) is 0 Å². The molecule has 0 aromatic rings. The van der Waals surface area contributed by atoms with Gasteiger partial charge in [-0.2, -0.15) is 11.8 Å². The maximum Gasteiger partial charge on any atom is 0.335 e. The van der Waals surface area contributed by atoms with Crippen molar-refractivity contribution >= 4 is 23.7 Å². The summed E-state index contributed by atoms with van der Waals surface area (Å²) in [5.41, 5.74) is 0. The van der Waals surface area contributed by atoms with Gasteiger partial charge in [-0.3, -0.25) is 4.79 Å². The number of cyclic esters (lactones) is 1. The van der Waals surface area contributed by atoms with Crippen LogP contribution in [0.3, 0.4) is 0 Å². The molecule has 0 saturated carbocycles. The van der Waals surface area contributed by atoms with Crippen LogP contribution in [0.4, 0.5) is 0 Å². The van der Waals surface area contributed by atoms with Crippen LogP contribution >= 0.6 is 11.8 Å². The molecule has 1 heterocycles. The lowest BCUT2D eigenvalue weighted by atomic mass is 10.0. The highest BCUT2D eigenvalue weighted by Gasteiger charge is 2.27. The van der Waals surface area contributed by atoms with Gasteiger partial charge in [0.1, 0.15) is 0 Å². The van der Waals surface area contributed by atoms with E-state index in [1.807, 2.05) is 6.92 Å². The molecule has 0 aliphatic carbocycles. The van der Waals surface area contributed by atoms with Gasteiger partial charge in [-0.25, -0.2) is 4.79 Å². The summed E-state index contributed by atoms with van der Waals surface area (Å²) >= 11 is 1.21.